The van der Waals surface area contributed by atoms with Gasteiger partial charge in [0.2, 0.25) is 5.95 Å². The van der Waals surface area contributed by atoms with Gasteiger partial charge in [-0.1, -0.05) is 13.8 Å². The van der Waals surface area contributed by atoms with E-state index in [0.29, 0.717) is 6.04 Å². The van der Waals surface area contributed by atoms with Gasteiger partial charge in [0.05, 0.1) is 11.3 Å². The third-order valence-electron chi connectivity index (χ3n) is 4.23. The topological polar surface area (TPSA) is 39.1 Å². The standard InChI is InChI=1S/C14H25N3O/c1-5-14(6-2)9-12(7-8-18-14)17-10-11(3)16-13(17)15-4/h10,12H,5-9H2,1-4H3,(H,15,16). The van der Waals surface area contributed by atoms with Gasteiger partial charge < -0.3 is 14.6 Å². The number of rotatable bonds is 4. The van der Waals surface area contributed by atoms with Crippen LogP contribution in [0.25, 0.3) is 0 Å². The van der Waals surface area contributed by atoms with Gasteiger partial charge in [0.25, 0.3) is 0 Å². The Bertz CT molecular complexity index is 396. The summed E-state index contributed by atoms with van der Waals surface area (Å²) in [7, 11) is 1.94. The molecule has 18 heavy (non-hydrogen) atoms. The van der Waals surface area contributed by atoms with Crippen LogP contribution in [0.1, 0.15) is 51.3 Å². The molecular weight excluding hydrogens is 226 g/mol. The summed E-state index contributed by atoms with van der Waals surface area (Å²) >= 11 is 0. The van der Waals surface area contributed by atoms with Crippen molar-refractivity contribution in [3.63, 3.8) is 0 Å². The minimum atomic E-state index is 0.0616. The Hall–Kier alpha value is -1.03. The Labute approximate surface area is 110 Å². The van der Waals surface area contributed by atoms with Crippen LogP contribution in [0.5, 0.6) is 0 Å². The number of anilines is 1. The van der Waals surface area contributed by atoms with E-state index in [1.54, 1.807) is 0 Å². The molecule has 0 aliphatic carbocycles. The molecule has 1 aliphatic rings. The summed E-state index contributed by atoms with van der Waals surface area (Å²) < 4.78 is 8.33. The zero-order valence-electron chi connectivity index (χ0n) is 12.0. The van der Waals surface area contributed by atoms with Crippen molar-refractivity contribution in [1.29, 1.82) is 0 Å². The van der Waals surface area contributed by atoms with Crippen molar-refractivity contribution < 1.29 is 4.74 Å². The maximum absolute atomic E-state index is 6.04. The molecule has 2 heterocycles. The fourth-order valence-electron chi connectivity index (χ4n) is 2.96. The summed E-state index contributed by atoms with van der Waals surface area (Å²) in [5.41, 5.74) is 1.14. The first kappa shape index (κ1) is 13.4. The second-order valence-corrected chi connectivity index (χ2v) is 5.25. The highest BCUT2D eigenvalue weighted by molar-refractivity contribution is 5.28. The van der Waals surface area contributed by atoms with Crippen molar-refractivity contribution in [3.8, 4) is 0 Å². The van der Waals surface area contributed by atoms with Crippen molar-refractivity contribution in [2.75, 3.05) is 19.0 Å². The van der Waals surface area contributed by atoms with E-state index in [-0.39, 0.29) is 5.60 Å². The van der Waals surface area contributed by atoms with Gasteiger partial charge in [-0.25, -0.2) is 4.98 Å². The normalized spacial score (nSPS) is 23.0. The minimum absolute atomic E-state index is 0.0616. The number of imidazole rings is 1. The second kappa shape index (κ2) is 5.31. The summed E-state index contributed by atoms with van der Waals surface area (Å²) in [5, 5.41) is 3.19. The molecule has 0 aromatic carbocycles. The molecule has 1 atom stereocenters. The number of aryl methyl sites for hydroxylation is 1. The van der Waals surface area contributed by atoms with Crippen molar-refractivity contribution in [2.24, 2.45) is 0 Å². The van der Waals surface area contributed by atoms with Crippen molar-refractivity contribution in [1.82, 2.24) is 9.55 Å². The lowest BCUT2D eigenvalue weighted by atomic mass is 9.86. The molecule has 102 valence electrons. The van der Waals surface area contributed by atoms with Crippen molar-refractivity contribution in [2.45, 2.75) is 58.1 Å². The van der Waals surface area contributed by atoms with E-state index in [4.69, 9.17) is 4.74 Å². The largest absolute Gasteiger partial charge is 0.375 e. The molecule has 1 aliphatic heterocycles. The lowest BCUT2D eigenvalue weighted by Crippen LogP contribution is -2.39. The van der Waals surface area contributed by atoms with E-state index >= 15 is 0 Å². The van der Waals surface area contributed by atoms with Crippen LogP contribution in [0.15, 0.2) is 6.20 Å². The smallest absolute Gasteiger partial charge is 0.203 e. The van der Waals surface area contributed by atoms with Crippen LogP contribution in [0.3, 0.4) is 0 Å². The van der Waals surface area contributed by atoms with Gasteiger partial charge in [-0.3, -0.25) is 0 Å². The van der Waals surface area contributed by atoms with Gasteiger partial charge >= 0.3 is 0 Å². The van der Waals surface area contributed by atoms with Gasteiger partial charge in [0.15, 0.2) is 0 Å². The Morgan fingerprint density at radius 1 is 1.50 bits per heavy atom. The van der Waals surface area contributed by atoms with E-state index in [2.05, 4.69) is 34.9 Å². The molecular formula is C14H25N3O. The number of nitrogens with one attached hydrogen (secondary N) is 1. The van der Waals surface area contributed by atoms with Gasteiger partial charge in [-0.15, -0.1) is 0 Å². The number of aromatic nitrogens is 2. The number of hydrogen-bond acceptors (Lipinski definition) is 3. The van der Waals surface area contributed by atoms with Crippen molar-refractivity contribution in [3.05, 3.63) is 11.9 Å². The van der Waals surface area contributed by atoms with E-state index in [1.807, 2.05) is 14.0 Å². The molecule has 1 aromatic rings. The number of ether oxygens (including phenoxy) is 1. The van der Waals surface area contributed by atoms with Gasteiger partial charge in [-0.2, -0.15) is 0 Å². The Morgan fingerprint density at radius 3 is 2.83 bits per heavy atom. The van der Waals surface area contributed by atoms with E-state index < -0.39 is 0 Å². The Balaban J connectivity index is 2.22. The van der Waals surface area contributed by atoms with E-state index in [0.717, 1.165) is 43.9 Å². The first-order chi connectivity index (χ1) is 8.64. The van der Waals surface area contributed by atoms with Crippen molar-refractivity contribution >= 4 is 5.95 Å². The van der Waals surface area contributed by atoms with Crippen LogP contribution in [0, 0.1) is 6.92 Å². The summed E-state index contributed by atoms with van der Waals surface area (Å²) in [6, 6.07) is 0.502. The first-order valence-electron chi connectivity index (χ1n) is 7.01. The maximum Gasteiger partial charge on any atom is 0.203 e. The first-order valence-corrected chi connectivity index (χ1v) is 7.01. The zero-order chi connectivity index (χ0) is 13.2. The summed E-state index contributed by atoms with van der Waals surface area (Å²) in [6.07, 6.45) is 6.49. The Morgan fingerprint density at radius 2 is 2.22 bits per heavy atom. The lowest BCUT2D eigenvalue weighted by molar-refractivity contribution is -0.0984. The third-order valence-corrected chi connectivity index (χ3v) is 4.23. The highest BCUT2D eigenvalue weighted by Crippen LogP contribution is 2.38. The average Bonchev–Trinajstić information content (AvgIpc) is 2.80. The van der Waals surface area contributed by atoms with Crippen LogP contribution in [0.2, 0.25) is 0 Å². The monoisotopic (exact) mass is 251 g/mol. The van der Waals surface area contributed by atoms with Gasteiger partial charge in [-0.05, 0) is 32.6 Å². The van der Waals surface area contributed by atoms with Crippen LogP contribution >= 0.6 is 0 Å². The SMILES string of the molecule is CCC1(CC)CC(n2cc(C)nc2NC)CCO1. The summed E-state index contributed by atoms with van der Waals surface area (Å²) in [4.78, 5) is 4.51. The number of hydrogen-bond donors (Lipinski definition) is 1. The molecule has 4 nitrogen and oxygen atoms in total. The quantitative estimate of drug-likeness (QED) is 0.893. The van der Waals surface area contributed by atoms with E-state index in [9.17, 15) is 0 Å². The Kier molecular flexibility index (Phi) is 3.95. The molecule has 1 fully saturated rings. The molecule has 1 unspecified atom stereocenters. The minimum Gasteiger partial charge on any atom is -0.375 e. The third kappa shape index (κ3) is 2.39. The fourth-order valence-corrected chi connectivity index (χ4v) is 2.96. The molecule has 1 N–H and O–H groups in total. The molecule has 0 bridgehead atoms. The fraction of sp³-hybridized carbons (Fsp3) is 0.786. The predicted molar refractivity (Wildman–Crippen MR) is 74.0 cm³/mol. The average molecular weight is 251 g/mol. The molecule has 2 rings (SSSR count). The van der Waals surface area contributed by atoms with Crippen LogP contribution in [0.4, 0.5) is 5.95 Å². The maximum atomic E-state index is 6.04. The summed E-state index contributed by atoms with van der Waals surface area (Å²) in [5.74, 6) is 0.973. The van der Waals surface area contributed by atoms with Crippen LogP contribution in [-0.2, 0) is 4.74 Å². The molecule has 0 spiro atoms. The zero-order valence-corrected chi connectivity index (χ0v) is 12.0. The lowest BCUT2D eigenvalue weighted by Gasteiger charge is -2.40. The molecule has 1 aromatic heterocycles. The highest BCUT2D eigenvalue weighted by atomic mass is 16.5. The van der Waals surface area contributed by atoms with Crippen LogP contribution in [-0.4, -0.2) is 28.8 Å². The van der Waals surface area contributed by atoms with Gasteiger partial charge in [0, 0.05) is 25.9 Å². The molecule has 0 saturated carbocycles. The second-order valence-electron chi connectivity index (χ2n) is 5.25. The summed E-state index contributed by atoms with van der Waals surface area (Å²) in [6.45, 7) is 7.35. The highest BCUT2D eigenvalue weighted by Gasteiger charge is 2.35. The molecule has 4 heteroatoms. The molecule has 0 radical (unpaired) electrons. The molecule has 0 amide bonds. The predicted octanol–water partition coefficient (Wildman–Crippen LogP) is 3.14. The van der Waals surface area contributed by atoms with Gasteiger partial charge in [0.1, 0.15) is 0 Å². The van der Waals surface area contributed by atoms with Crippen LogP contribution < -0.4 is 5.32 Å². The number of nitrogens with zero attached hydrogens (tertiary/aromatic N) is 2. The van der Waals surface area contributed by atoms with E-state index in [1.165, 1.54) is 0 Å². The molecule has 1 saturated heterocycles.